The molecular weight excluding hydrogens is 452 g/mol. The number of halogens is 1. The fourth-order valence-corrected chi connectivity index (χ4v) is 4.09. The smallest absolute Gasteiger partial charge is 0.219 e. The van der Waals surface area contributed by atoms with Crippen molar-refractivity contribution >= 4 is 46.2 Å². The molecule has 0 saturated carbocycles. The molecule has 4 rings (SSSR count). The lowest BCUT2D eigenvalue weighted by molar-refractivity contribution is -0.129. The zero-order valence-corrected chi connectivity index (χ0v) is 20.0. The first-order chi connectivity index (χ1) is 16.4. The van der Waals surface area contributed by atoms with Crippen LogP contribution in [0, 0.1) is 0 Å². The predicted molar refractivity (Wildman–Crippen MR) is 135 cm³/mol. The molecule has 2 N–H and O–H groups in total. The van der Waals surface area contributed by atoms with Crippen molar-refractivity contribution in [1.29, 1.82) is 0 Å². The lowest BCUT2D eigenvalue weighted by Crippen LogP contribution is -2.48. The molecule has 0 unspecified atom stereocenters. The van der Waals surface area contributed by atoms with E-state index in [2.05, 4.69) is 25.7 Å². The average molecular weight is 479 g/mol. The quantitative estimate of drug-likeness (QED) is 0.487. The van der Waals surface area contributed by atoms with Gasteiger partial charge < -0.3 is 20.4 Å². The molecule has 1 aliphatic heterocycles. The molecule has 1 amide bonds. The van der Waals surface area contributed by atoms with Crippen LogP contribution in [-0.4, -0.2) is 53.0 Å². The first kappa shape index (κ1) is 23.5. The van der Waals surface area contributed by atoms with Crippen LogP contribution in [0.3, 0.4) is 0 Å². The summed E-state index contributed by atoms with van der Waals surface area (Å²) in [5.41, 5.74) is 3.85. The van der Waals surface area contributed by atoms with Gasteiger partial charge in [-0.3, -0.25) is 9.59 Å². The Labute approximate surface area is 203 Å². The van der Waals surface area contributed by atoms with E-state index in [1.165, 1.54) is 6.92 Å². The Balaban J connectivity index is 1.43. The number of ketones is 1. The van der Waals surface area contributed by atoms with Crippen molar-refractivity contribution in [2.75, 3.05) is 41.7 Å². The van der Waals surface area contributed by atoms with Crippen molar-refractivity contribution in [3.05, 3.63) is 70.9 Å². The molecule has 0 spiro atoms. The zero-order valence-electron chi connectivity index (χ0n) is 19.2. The average Bonchev–Trinajstić information content (AvgIpc) is 2.83. The third kappa shape index (κ3) is 5.82. The molecule has 176 valence electrons. The number of carbonyl (C=O) groups excluding carboxylic acids is 2. The van der Waals surface area contributed by atoms with E-state index < -0.39 is 0 Å². The predicted octanol–water partition coefficient (Wildman–Crippen LogP) is 4.36. The maximum absolute atomic E-state index is 12.0. The summed E-state index contributed by atoms with van der Waals surface area (Å²) in [7, 11) is 0. The van der Waals surface area contributed by atoms with Gasteiger partial charge in [-0.15, -0.1) is 10.2 Å². The van der Waals surface area contributed by atoms with Gasteiger partial charge in [-0.2, -0.15) is 0 Å². The van der Waals surface area contributed by atoms with Gasteiger partial charge in [0.2, 0.25) is 5.91 Å². The number of anilines is 4. The van der Waals surface area contributed by atoms with Crippen LogP contribution < -0.4 is 15.5 Å². The highest BCUT2D eigenvalue weighted by atomic mass is 35.5. The van der Waals surface area contributed by atoms with Crippen LogP contribution in [0.15, 0.2) is 54.6 Å². The van der Waals surface area contributed by atoms with Gasteiger partial charge in [0, 0.05) is 69.0 Å². The van der Waals surface area contributed by atoms with E-state index in [-0.39, 0.29) is 17.4 Å². The largest absolute Gasteiger partial charge is 0.379 e. The Hall–Kier alpha value is -3.65. The number of carbonyl (C=O) groups is 2. The highest BCUT2D eigenvalue weighted by Crippen LogP contribution is 2.24. The number of piperazine rings is 1. The molecule has 0 radical (unpaired) electrons. The van der Waals surface area contributed by atoms with Crippen LogP contribution in [0.2, 0.25) is 5.02 Å². The number of hydrogen-bond acceptors (Lipinski definition) is 7. The normalized spacial score (nSPS) is 13.5. The van der Waals surface area contributed by atoms with E-state index >= 15 is 0 Å². The van der Waals surface area contributed by atoms with E-state index in [9.17, 15) is 9.59 Å². The Morgan fingerprint density at radius 2 is 1.71 bits per heavy atom. The number of nitrogens with one attached hydrogen (secondary N) is 2. The number of amides is 1. The van der Waals surface area contributed by atoms with Gasteiger partial charge in [0.05, 0.1) is 5.69 Å². The van der Waals surface area contributed by atoms with E-state index in [0.29, 0.717) is 23.1 Å². The molecular formula is C25H27ClN6O2. The van der Waals surface area contributed by atoms with Crippen LogP contribution in [0.25, 0.3) is 0 Å². The van der Waals surface area contributed by atoms with Gasteiger partial charge >= 0.3 is 0 Å². The van der Waals surface area contributed by atoms with Crippen molar-refractivity contribution in [3.63, 3.8) is 0 Å². The third-order valence-electron chi connectivity index (χ3n) is 5.73. The molecule has 2 heterocycles. The second-order valence-corrected chi connectivity index (χ2v) is 8.63. The second kappa shape index (κ2) is 10.5. The molecule has 1 aromatic heterocycles. The fourth-order valence-electron chi connectivity index (χ4n) is 3.87. The highest BCUT2D eigenvalue weighted by molar-refractivity contribution is 6.30. The summed E-state index contributed by atoms with van der Waals surface area (Å²) >= 11 is 6.07. The summed E-state index contributed by atoms with van der Waals surface area (Å²) < 4.78 is 0. The van der Waals surface area contributed by atoms with E-state index in [4.69, 9.17) is 11.6 Å². The summed E-state index contributed by atoms with van der Waals surface area (Å²) in [6.07, 6.45) is 0. The van der Waals surface area contributed by atoms with Crippen LogP contribution in [0.1, 0.15) is 29.9 Å². The van der Waals surface area contributed by atoms with Crippen molar-refractivity contribution < 1.29 is 9.59 Å². The number of nitrogens with zero attached hydrogens (tertiary/aromatic N) is 4. The number of rotatable bonds is 7. The SMILES string of the molecule is CC(=O)c1nnc(Nc2ccc(N3CCN(C(C)=O)CC3)cc2)cc1NCc1cccc(Cl)c1. The minimum Gasteiger partial charge on any atom is -0.379 e. The van der Waals surface area contributed by atoms with Crippen molar-refractivity contribution in [3.8, 4) is 0 Å². The van der Waals surface area contributed by atoms with Crippen LogP contribution in [-0.2, 0) is 11.3 Å². The lowest BCUT2D eigenvalue weighted by atomic mass is 10.2. The number of Topliss-reactive ketones (excluding diaryl/α,β-unsaturated/α-hetero) is 1. The molecule has 3 aromatic rings. The van der Waals surface area contributed by atoms with Gasteiger partial charge in [0.25, 0.3) is 0 Å². The monoisotopic (exact) mass is 478 g/mol. The van der Waals surface area contributed by atoms with Crippen LogP contribution in [0.5, 0.6) is 0 Å². The first-order valence-electron chi connectivity index (χ1n) is 11.1. The molecule has 1 aliphatic rings. The van der Waals surface area contributed by atoms with Crippen molar-refractivity contribution in [2.45, 2.75) is 20.4 Å². The summed E-state index contributed by atoms with van der Waals surface area (Å²) in [5.74, 6) is 0.487. The third-order valence-corrected chi connectivity index (χ3v) is 5.96. The molecule has 0 aliphatic carbocycles. The summed E-state index contributed by atoms with van der Waals surface area (Å²) in [5, 5.41) is 15.5. The maximum Gasteiger partial charge on any atom is 0.219 e. The summed E-state index contributed by atoms with van der Waals surface area (Å²) in [4.78, 5) is 27.7. The molecule has 1 saturated heterocycles. The Morgan fingerprint density at radius 3 is 2.35 bits per heavy atom. The minimum atomic E-state index is -0.165. The van der Waals surface area contributed by atoms with Crippen molar-refractivity contribution in [1.82, 2.24) is 15.1 Å². The number of hydrogen-bond donors (Lipinski definition) is 2. The lowest BCUT2D eigenvalue weighted by Gasteiger charge is -2.35. The molecule has 8 nitrogen and oxygen atoms in total. The van der Waals surface area contributed by atoms with Crippen molar-refractivity contribution in [2.24, 2.45) is 0 Å². The molecule has 0 atom stereocenters. The maximum atomic E-state index is 12.0. The Bertz CT molecular complexity index is 1180. The minimum absolute atomic E-state index is 0.123. The highest BCUT2D eigenvalue weighted by Gasteiger charge is 2.18. The standard InChI is InChI=1S/C25H27ClN6O2/c1-17(33)25-23(27-16-19-4-3-5-20(26)14-19)15-24(29-30-25)28-21-6-8-22(9-7-21)32-12-10-31(11-13-32)18(2)34/h3-9,14-15H,10-13,16H2,1-2H3,(H2,27,28,29). The molecule has 0 bridgehead atoms. The Morgan fingerprint density at radius 1 is 0.971 bits per heavy atom. The van der Waals surface area contributed by atoms with E-state index in [1.807, 2.05) is 53.4 Å². The first-order valence-corrected chi connectivity index (χ1v) is 11.5. The molecule has 34 heavy (non-hydrogen) atoms. The number of aromatic nitrogens is 2. The second-order valence-electron chi connectivity index (χ2n) is 8.20. The summed E-state index contributed by atoms with van der Waals surface area (Å²) in [6.45, 7) is 6.67. The van der Waals surface area contributed by atoms with E-state index in [1.54, 1.807) is 13.0 Å². The van der Waals surface area contributed by atoms with Gasteiger partial charge in [0.1, 0.15) is 0 Å². The van der Waals surface area contributed by atoms with Crippen LogP contribution in [0.4, 0.5) is 22.9 Å². The van der Waals surface area contributed by atoms with Crippen LogP contribution >= 0.6 is 11.6 Å². The Kier molecular flexibility index (Phi) is 7.27. The zero-order chi connectivity index (χ0) is 24.1. The summed E-state index contributed by atoms with van der Waals surface area (Å²) in [6, 6.07) is 17.4. The van der Waals surface area contributed by atoms with Gasteiger partial charge in [-0.25, -0.2) is 0 Å². The van der Waals surface area contributed by atoms with Gasteiger partial charge in [0.15, 0.2) is 17.3 Å². The number of benzene rings is 2. The topological polar surface area (TPSA) is 90.5 Å². The van der Waals surface area contributed by atoms with Gasteiger partial charge in [-0.05, 0) is 42.0 Å². The van der Waals surface area contributed by atoms with Gasteiger partial charge in [-0.1, -0.05) is 23.7 Å². The fraction of sp³-hybridized carbons (Fsp3) is 0.280. The molecule has 1 fully saturated rings. The molecule has 2 aromatic carbocycles. The molecule has 9 heteroatoms. The van der Waals surface area contributed by atoms with E-state index in [0.717, 1.165) is 43.1 Å².